The molecule has 2 heterocycles. The third-order valence-electron chi connectivity index (χ3n) is 5.14. The molecule has 2 aliphatic heterocycles. The molecule has 6 nitrogen and oxygen atoms in total. The number of fused-ring (bicyclic) bond motifs is 1. The minimum absolute atomic E-state index is 0.673. The van der Waals surface area contributed by atoms with Crippen LogP contribution in [0.2, 0.25) is 0 Å². The lowest BCUT2D eigenvalue weighted by Gasteiger charge is -2.21. The van der Waals surface area contributed by atoms with E-state index in [1.165, 1.54) is 11.1 Å². The summed E-state index contributed by atoms with van der Waals surface area (Å²) in [7, 11) is 1.81. The predicted molar refractivity (Wildman–Crippen MR) is 108 cm³/mol. The maximum Gasteiger partial charge on any atom is 0.190 e. The average Bonchev–Trinajstić information content (AvgIpc) is 3.18. The topological polar surface area (TPSA) is 64.1 Å². The largest absolute Gasteiger partial charge is 0.493 e. The van der Waals surface area contributed by atoms with Gasteiger partial charge in [0, 0.05) is 53.0 Å². The first kappa shape index (κ1) is 20.0. The second-order valence-electron chi connectivity index (χ2n) is 7.20. The molecule has 0 amide bonds. The standard InChI is InChI=1S/C21H33N3O3/c1-22-21(23-9-2-11-26-16-18-6-12-25-13-7-18)24-10-5-17-3-4-20-19(15-17)8-14-27-20/h3-4,15,18H,2,5-14,16H2,1H3,(H2,22,23,24). The lowest BCUT2D eigenvalue weighted by atomic mass is 10.0. The van der Waals surface area contributed by atoms with E-state index in [1.54, 1.807) is 0 Å². The van der Waals surface area contributed by atoms with E-state index < -0.39 is 0 Å². The first-order valence-electron chi connectivity index (χ1n) is 10.2. The molecule has 3 rings (SSSR count). The predicted octanol–water partition coefficient (Wildman–Crippen LogP) is 2.16. The molecule has 6 heteroatoms. The van der Waals surface area contributed by atoms with E-state index in [1.807, 2.05) is 7.05 Å². The molecule has 2 N–H and O–H groups in total. The summed E-state index contributed by atoms with van der Waals surface area (Å²) in [6.45, 7) is 5.96. The first-order chi connectivity index (χ1) is 13.3. The van der Waals surface area contributed by atoms with Gasteiger partial charge >= 0.3 is 0 Å². The van der Waals surface area contributed by atoms with Crippen molar-refractivity contribution in [2.75, 3.05) is 53.2 Å². The molecule has 2 aliphatic rings. The van der Waals surface area contributed by atoms with E-state index in [0.29, 0.717) is 5.92 Å². The van der Waals surface area contributed by atoms with Crippen molar-refractivity contribution in [1.29, 1.82) is 0 Å². The Morgan fingerprint density at radius 2 is 2.04 bits per heavy atom. The highest BCUT2D eigenvalue weighted by Gasteiger charge is 2.13. The SMILES string of the molecule is CN=C(NCCCOCC1CCOCC1)NCCc1ccc2c(c1)CCO2. The highest BCUT2D eigenvalue weighted by atomic mass is 16.5. The summed E-state index contributed by atoms with van der Waals surface area (Å²) in [5.41, 5.74) is 2.67. The molecule has 0 aromatic heterocycles. The van der Waals surface area contributed by atoms with Crippen LogP contribution >= 0.6 is 0 Å². The minimum Gasteiger partial charge on any atom is -0.493 e. The zero-order valence-corrected chi connectivity index (χ0v) is 16.5. The fraction of sp³-hybridized carbons (Fsp3) is 0.667. The summed E-state index contributed by atoms with van der Waals surface area (Å²) in [6.07, 6.45) is 5.24. The van der Waals surface area contributed by atoms with Gasteiger partial charge in [0.25, 0.3) is 0 Å². The maximum absolute atomic E-state index is 5.80. The summed E-state index contributed by atoms with van der Waals surface area (Å²) in [5, 5.41) is 6.74. The van der Waals surface area contributed by atoms with Crippen LogP contribution in [0.3, 0.4) is 0 Å². The number of aliphatic imine (C=N–C) groups is 1. The van der Waals surface area contributed by atoms with Crippen LogP contribution in [0.5, 0.6) is 5.75 Å². The Labute approximate surface area is 162 Å². The summed E-state index contributed by atoms with van der Waals surface area (Å²) in [6, 6.07) is 6.50. The van der Waals surface area contributed by atoms with Crippen LogP contribution in [0.1, 0.15) is 30.4 Å². The van der Waals surface area contributed by atoms with Crippen LogP contribution in [-0.4, -0.2) is 59.1 Å². The van der Waals surface area contributed by atoms with Gasteiger partial charge in [-0.15, -0.1) is 0 Å². The van der Waals surface area contributed by atoms with Crippen LogP contribution < -0.4 is 15.4 Å². The number of ether oxygens (including phenoxy) is 3. The first-order valence-corrected chi connectivity index (χ1v) is 10.2. The number of benzene rings is 1. The summed E-state index contributed by atoms with van der Waals surface area (Å²) in [5.74, 6) is 2.57. The third kappa shape index (κ3) is 6.70. The van der Waals surface area contributed by atoms with Crippen molar-refractivity contribution in [2.24, 2.45) is 10.9 Å². The number of nitrogens with one attached hydrogen (secondary N) is 2. The van der Waals surface area contributed by atoms with Crippen molar-refractivity contribution in [3.05, 3.63) is 29.3 Å². The van der Waals surface area contributed by atoms with Gasteiger partial charge in [0.15, 0.2) is 5.96 Å². The fourth-order valence-corrected chi connectivity index (χ4v) is 3.49. The van der Waals surface area contributed by atoms with Crippen LogP contribution in [0.25, 0.3) is 0 Å². The van der Waals surface area contributed by atoms with Gasteiger partial charge in [0.2, 0.25) is 0 Å². The third-order valence-corrected chi connectivity index (χ3v) is 5.14. The Kier molecular flexibility index (Phi) is 8.24. The van der Waals surface area contributed by atoms with Gasteiger partial charge in [0.05, 0.1) is 6.61 Å². The Balaban J connectivity index is 1.24. The zero-order chi connectivity index (χ0) is 18.7. The van der Waals surface area contributed by atoms with Gasteiger partial charge in [-0.1, -0.05) is 12.1 Å². The Hall–Kier alpha value is -1.79. The Morgan fingerprint density at radius 1 is 1.19 bits per heavy atom. The second-order valence-corrected chi connectivity index (χ2v) is 7.20. The molecule has 0 unspecified atom stereocenters. The molecule has 0 spiro atoms. The minimum atomic E-state index is 0.673. The highest BCUT2D eigenvalue weighted by molar-refractivity contribution is 5.79. The molecule has 0 radical (unpaired) electrons. The van der Waals surface area contributed by atoms with Gasteiger partial charge in [0.1, 0.15) is 5.75 Å². The molecule has 1 aromatic rings. The van der Waals surface area contributed by atoms with Gasteiger partial charge < -0.3 is 24.8 Å². The van der Waals surface area contributed by atoms with E-state index in [-0.39, 0.29) is 0 Å². The van der Waals surface area contributed by atoms with E-state index in [9.17, 15) is 0 Å². The zero-order valence-electron chi connectivity index (χ0n) is 16.5. The van der Waals surface area contributed by atoms with E-state index in [4.69, 9.17) is 14.2 Å². The van der Waals surface area contributed by atoms with Crippen LogP contribution in [-0.2, 0) is 22.3 Å². The highest BCUT2D eigenvalue weighted by Crippen LogP contribution is 2.25. The maximum atomic E-state index is 5.80. The van der Waals surface area contributed by atoms with Crippen molar-refractivity contribution >= 4 is 5.96 Å². The molecule has 1 saturated heterocycles. The number of guanidine groups is 1. The molecule has 0 bridgehead atoms. The van der Waals surface area contributed by atoms with Crippen molar-refractivity contribution in [3.8, 4) is 5.75 Å². The lowest BCUT2D eigenvalue weighted by molar-refractivity contribution is 0.0203. The van der Waals surface area contributed by atoms with Crippen molar-refractivity contribution < 1.29 is 14.2 Å². The lowest BCUT2D eigenvalue weighted by Crippen LogP contribution is -2.39. The van der Waals surface area contributed by atoms with Crippen molar-refractivity contribution in [3.63, 3.8) is 0 Å². The Bertz CT molecular complexity index is 600. The van der Waals surface area contributed by atoms with Gasteiger partial charge in [-0.3, -0.25) is 4.99 Å². The molecule has 0 aliphatic carbocycles. The van der Waals surface area contributed by atoms with E-state index in [0.717, 1.165) is 89.9 Å². The normalized spacial score (nSPS) is 17.4. The molecular formula is C21H33N3O3. The average molecular weight is 376 g/mol. The van der Waals surface area contributed by atoms with Gasteiger partial charge in [-0.2, -0.15) is 0 Å². The van der Waals surface area contributed by atoms with E-state index in [2.05, 4.69) is 33.8 Å². The molecule has 150 valence electrons. The van der Waals surface area contributed by atoms with Crippen LogP contribution in [0.4, 0.5) is 0 Å². The monoisotopic (exact) mass is 375 g/mol. The number of hydrogen-bond acceptors (Lipinski definition) is 4. The fourth-order valence-electron chi connectivity index (χ4n) is 3.49. The van der Waals surface area contributed by atoms with Crippen molar-refractivity contribution in [1.82, 2.24) is 10.6 Å². The van der Waals surface area contributed by atoms with Crippen molar-refractivity contribution in [2.45, 2.75) is 32.1 Å². The Morgan fingerprint density at radius 3 is 2.89 bits per heavy atom. The van der Waals surface area contributed by atoms with Gasteiger partial charge in [-0.05, 0) is 48.8 Å². The molecule has 1 aromatic carbocycles. The smallest absolute Gasteiger partial charge is 0.190 e. The molecular weight excluding hydrogens is 342 g/mol. The second kappa shape index (κ2) is 11.1. The molecule has 0 atom stereocenters. The molecule has 1 fully saturated rings. The number of rotatable bonds is 9. The summed E-state index contributed by atoms with van der Waals surface area (Å²) >= 11 is 0. The van der Waals surface area contributed by atoms with Gasteiger partial charge in [-0.25, -0.2) is 0 Å². The number of nitrogens with zero attached hydrogens (tertiary/aromatic N) is 1. The molecule has 27 heavy (non-hydrogen) atoms. The van der Waals surface area contributed by atoms with E-state index >= 15 is 0 Å². The quantitative estimate of drug-likeness (QED) is 0.393. The summed E-state index contributed by atoms with van der Waals surface area (Å²) < 4.78 is 16.7. The summed E-state index contributed by atoms with van der Waals surface area (Å²) in [4.78, 5) is 4.29. The number of hydrogen-bond donors (Lipinski definition) is 2. The molecule has 0 saturated carbocycles. The van der Waals surface area contributed by atoms with Crippen LogP contribution in [0.15, 0.2) is 23.2 Å². The van der Waals surface area contributed by atoms with Crippen LogP contribution in [0, 0.1) is 5.92 Å².